The van der Waals surface area contributed by atoms with Crippen molar-refractivity contribution >= 4 is 17.5 Å². The van der Waals surface area contributed by atoms with E-state index in [0.29, 0.717) is 0 Å². The van der Waals surface area contributed by atoms with Crippen LogP contribution in [0.4, 0.5) is 13.2 Å². The van der Waals surface area contributed by atoms with Gasteiger partial charge in [0, 0.05) is 13.6 Å². The molecule has 12 heavy (non-hydrogen) atoms. The molecule has 72 valence electrons. The number of carbonyl (C=O) groups is 1. The van der Waals surface area contributed by atoms with Crippen LogP contribution < -0.4 is 0 Å². The molecule has 0 aromatic heterocycles. The fraction of sp³-hybridized carbons (Fsp3) is 0.833. The van der Waals surface area contributed by atoms with Crippen molar-refractivity contribution in [1.82, 2.24) is 4.90 Å². The Bertz CT molecular complexity index is 159. The van der Waals surface area contributed by atoms with Crippen LogP contribution in [0.1, 0.15) is 6.42 Å². The standard InChI is InChI=1S/C6H9ClF3NO/c1-11(5(12)4-7)3-2-6(8,9)10/h2-4H2,1H3. The molecule has 0 spiro atoms. The second kappa shape index (κ2) is 4.54. The minimum Gasteiger partial charge on any atom is -0.344 e. The maximum Gasteiger partial charge on any atom is 0.390 e. The number of amides is 1. The fourth-order valence-electron chi connectivity index (χ4n) is 0.521. The first-order valence-electron chi connectivity index (χ1n) is 3.23. The lowest BCUT2D eigenvalue weighted by Crippen LogP contribution is -2.31. The number of rotatable bonds is 3. The lowest BCUT2D eigenvalue weighted by atomic mass is 10.4. The average molecular weight is 204 g/mol. The Labute approximate surface area is 73.3 Å². The van der Waals surface area contributed by atoms with Crippen LogP contribution >= 0.6 is 11.6 Å². The second-order valence-corrected chi connectivity index (χ2v) is 2.58. The molecule has 0 aromatic carbocycles. The molecule has 0 radical (unpaired) electrons. The van der Waals surface area contributed by atoms with E-state index in [1.54, 1.807) is 0 Å². The molecule has 0 saturated carbocycles. The Kier molecular flexibility index (Phi) is 4.37. The highest BCUT2D eigenvalue weighted by atomic mass is 35.5. The van der Waals surface area contributed by atoms with E-state index in [4.69, 9.17) is 11.6 Å². The quantitative estimate of drug-likeness (QED) is 0.639. The summed E-state index contributed by atoms with van der Waals surface area (Å²) >= 11 is 5.12. The van der Waals surface area contributed by atoms with Crippen LogP contribution in [-0.2, 0) is 4.79 Å². The Morgan fingerprint density at radius 3 is 2.33 bits per heavy atom. The van der Waals surface area contributed by atoms with Gasteiger partial charge in [0.05, 0.1) is 6.42 Å². The first-order valence-corrected chi connectivity index (χ1v) is 3.77. The predicted molar refractivity (Wildman–Crippen MR) is 39.0 cm³/mol. The van der Waals surface area contributed by atoms with Crippen molar-refractivity contribution in [3.63, 3.8) is 0 Å². The van der Waals surface area contributed by atoms with Crippen molar-refractivity contribution in [2.24, 2.45) is 0 Å². The van der Waals surface area contributed by atoms with Crippen LogP contribution in [0.5, 0.6) is 0 Å². The predicted octanol–water partition coefficient (Wildman–Crippen LogP) is 1.64. The highest BCUT2D eigenvalue weighted by molar-refractivity contribution is 6.27. The molecule has 0 fully saturated rings. The van der Waals surface area contributed by atoms with Gasteiger partial charge < -0.3 is 4.90 Å². The van der Waals surface area contributed by atoms with E-state index in [1.165, 1.54) is 7.05 Å². The Hall–Kier alpha value is -0.450. The fourth-order valence-corrected chi connectivity index (χ4v) is 0.725. The van der Waals surface area contributed by atoms with Crippen LogP contribution in [0, 0.1) is 0 Å². The summed E-state index contributed by atoms with van der Waals surface area (Å²) in [4.78, 5) is 11.6. The van der Waals surface area contributed by atoms with Crippen molar-refractivity contribution in [2.45, 2.75) is 12.6 Å². The zero-order chi connectivity index (χ0) is 9.78. The van der Waals surface area contributed by atoms with Gasteiger partial charge >= 0.3 is 6.18 Å². The maximum absolute atomic E-state index is 11.6. The summed E-state index contributed by atoms with van der Waals surface area (Å²) in [7, 11) is 1.29. The summed E-state index contributed by atoms with van der Waals surface area (Å²) in [5.74, 6) is -0.783. The van der Waals surface area contributed by atoms with Crippen LogP contribution in [-0.4, -0.2) is 36.5 Å². The van der Waals surface area contributed by atoms with Gasteiger partial charge in [-0.2, -0.15) is 13.2 Å². The lowest BCUT2D eigenvalue weighted by Gasteiger charge is -2.16. The summed E-state index contributed by atoms with van der Waals surface area (Å²) in [6.07, 6.45) is -5.22. The van der Waals surface area contributed by atoms with Gasteiger partial charge in [-0.25, -0.2) is 0 Å². The molecule has 0 N–H and O–H groups in total. The highest BCUT2D eigenvalue weighted by Gasteiger charge is 2.27. The molecule has 1 amide bonds. The topological polar surface area (TPSA) is 20.3 Å². The Balaban J connectivity index is 3.72. The molecule has 0 rings (SSSR count). The third-order valence-electron chi connectivity index (χ3n) is 1.27. The molecule has 0 saturated heterocycles. The number of hydrogen-bond acceptors (Lipinski definition) is 1. The molecule has 0 aliphatic carbocycles. The summed E-state index contributed by atoms with van der Waals surface area (Å²) in [6, 6.07) is 0. The van der Waals surface area contributed by atoms with E-state index in [-0.39, 0.29) is 12.4 Å². The lowest BCUT2D eigenvalue weighted by molar-refractivity contribution is -0.142. The van der Waals surface area contributed by atoms with Crippen molar-refractivity contribution in [2.75, 3.05) is 19.5 Å². The Morgan fingerprint density at radius 1 is 1.50 bits per heavy atom. The normalized spacial score (nSPS) is 11.4. The van der Waals surface area contributed by atoms with E-state index in [2.05, 4.69) is 0 Å². The summed E-state index contributed by atoms with van der Waals surface area (Å²) in [6.45, 7) is -0.338. The second-order valence-electron chi connectivity index (χ2n) is 2.31. The number of hydrogen-bond donors (Lipinski definition) is 0. The van der Waals surface area contributed by atoms with E-state index in [1.807, 2.05) is 0 Å². The number of halogens is 4. The first kappa shape index (κ1) is 11.6. The van der Waals surface area contributed by atoms with Gasteiger partial charge in [-0.3, -0.25) is 4.79 Å². The minimum atomic E-state index is -4.22. The molecule has 0 aliphatic rings. The van der Waals surface area contributed by atoms with Gasteiger partial charge in [-0.15, -0.1) is 11.6 Å². The number of carbonyl (C=O) groups excluding carboxylic acids is 1. The van der Waals surface area contributed by atoms with Crippen LogP contribution in [0.15, 0.2) is 0 Å². The van der Waals surface area contributed by atoms with Gasteiger partial charge in [-0.05, 0) is 0 Å². The molecule has 0 atom stereocenters. The third kappa shape index (κ3) is 5.23. The summed E-state index contributed by atoms with van der Waals surface area (Å²) in [5.41, 5.74) is 0. The molecule has 0 unspecified atom stereocenters. The molecule has 0 aromatic rings. The van der Waals surface area contributed by atoms with Crippen LogP contribution in [0.3, 0.4) is 0 Å². The smallest absolute Gasteiger partial charge is 0.344 e. The third-order valence-corrected chi connectivity index (χ3v) is 1.50. The molecule has 0 bridgehead atoms. The van der Waals surface area contributed by atoms with E-state index >= 15 is 0 Å². The summed E-state index contributed by atoms with van der Waals surface area (Å²) < 4.78 is 34.8. The monoisotopic (exact) mass is 203 g/mol. The van der Waals surface area contributed by atoms with Crippen LogP contribution in [0.2, 0.25) is 0 Å². The van der Waals surface area contributed by atoms with Gasteiger partial charge in [0.1, 0.15) is 5.88 Å². The molecular weight excluding hydrogens is 195 g/mol. The zero-order valence-electron chi connectivity index (χ0n) is 6.49. The van der Waals surface area contributed by atoms with Gasteiger partial charge in [-0.1, -0.05) is 0 Å². The Morgan fingerprint density at radius 2 is 2.00 bits per heavy atom. The molecule has 0 heterocycles. The minimum absolute atomic E-state index is 0.283. The van der Waals surface area contributed by atoms with E-state index < -0.39 is 18.5 Å². The van der Waals surface area contributed by atoms with Gasteiger partial charge in [0.25, 0.3) is 0 Å². The molecular formula is C6H9ClF3NO. The van der Waals surface area contributed by atoms with Gasteiger partial charge in [0.2, 0.25) is 5.91 Å². The largest absolute Gasteiger partial charge is 0.390 e. The SMILES string of the molecule is CN(CCC(F)(F)F)C(=O)CCl. The van der Waals surface area contributed by atoms with Crippen molar-refractivity contribution < 1.29 is 18.0 Å². The first-order chi connectivity index (χ1) is 5.37. The van der Waals surface area contributed by atoms with E-state index in [0.717, 1.165) is 4.90 Å². The number of alkyl halides is 4. The number of nitrogens with zero attached hydrogens (tertiary/aromatic N) is 1. The van der Waals surface area contributed by atoms with Gasteiger partial charge in [0.15, 0.2) is 0 Å². The zero-order valence-corrected chi connectivity index (χ0v) is 7.24. The van der Waals surface area contributed by atoms with Crippen LogP contribution in [0.25, 0.3) is 0 Å². The average Bonchev–Trinajstić information content (AvgIpc) is 1.97. The molecule has 2 nitrogen and oxygen atoms in total. The molecule has 6 heteroatoms. The van der Waals surface area contributed by atoms with Crippen molar-refractivity contribution in [1.29, 1.82) is 0 Å². The van der Waals surface area contributed by atoms with Crippen molar-refractivity contribution in [3.05, 3.63) is 0 Å². The molecule has 0 aliphatic heterocycles. The summed E-state index contributed by atoms with van der Waals surface area (Å²) in [5, 5.41) is 0. The van der Waals surface area contributed by atoms with E-state index in [9.17, 15) is 18.0 Å². The highest BCUT2D eigenvalue weighted by Crippen LogP contribution is 2.19. The van der Waals surface area contributed by atoms with Crippen molar-refractivity contribution in [3.8, 4) is 0 Å². The maximum atomic E-state index is 11.6.